The van der Waals surface area contributed by atoms with Crippen LogP contribution in [0, 0.1) is 0 Å². The Kier molecular flexibility index (Phi) is 4.47. The maximum atomic E-state index is 13.5. The van der Waals surface area contributed by atoms with Crippen LogP contribution in [0.1, 0.15) is 16.8 Å². The Morgan fingerprint density at radius 3 is 2.29 bits per heavy atom. The molecule has 4 aromatic rings. The van der Waals surface area contributed by atoms with Gasteiger partial charge in [0.25, 0.3) is 0 Å². The number of hydrogen-bond acceptors (Lipinski definition) is 3. The number of halogens is 3. The molecule has 6 heteroatoms. The average molecular weight is 380 g/mol. The molecule has 1 N–H and O–H groups in total. The minimum absolute atomic E-state index is 0.0279. The van der Waals surface area contributed by atoms with Crippen molar-refractivity contribution < 1.29 is 18.3 Å². The summed E-state index contributed by atoms with van der Waals surface area (Å²) < 4.78 is 40.4. The van der Waals surface area contributed by atoms with Crippen molar-refractivity contribution in [2.24, 2.45) is 0 Å². The smallest absolute Gasteiger partial charge is 0.418 e. The van der Waals surface area contributed by atoms with Crippen LogP contribution in [0.3, 0.4) is 0 Å². The van der Waals surface area contributed by atoms with E-state index in [0.717, 1.165) is 11.6 Å². The minimum Gasteiger partial charge on any atom is -0.508 e. The predicted molar refractivity (Wildman–Crippen MR) is 101 cm³/mol. The molecule has 0 aliphatic rings. The number of fused-ring (bicyclic) bond motifs is 1. The van der Waals surface area contributed by atoms with Gasteiger partial charge in [-0.15, -0.1) is 5.10 Å². The topological polar surface area (TPSA) is 46.0 Å². The summed E-state index contributed by atoms with van der Waals surface area (Å²) in [6, 6.07) is 19.9. The van der Waals surface area contributed by atoms with E-state index < -0.39 is 11.7 Å². The standard InChI is InChI=1S/C22H15F3N2O/c23-22(24,25)18-11-5-10-17-20(15-8-4-9-16(28)13-15)19(26-27-21(17)18)12-14-6-2-1-3-7-14/h1-11,13,28H,12H2. The third-order valence-electron chi connectivity index (χ3n) is 4.52. The van der Waals surface area contributed by atoms with E-state index in [9.17, 15) is 18.3 Å². The van der Waals surface area contributed by atoms with Crippen LogP contribution in [-0.2, 0) is 12.6 Å². The first kappa shape index (κ1) is 18.0. The predicted octanol–water partition coefficient (Wildman–Crippen LogP) is 5.61. The fourth-order valence-corrected chi connectivity index (χ4v) is 3.29. The zero-order valence-electron chi connectivity index (χ0n) is 14.6. The molecular formula is C22H15F3N2O. The lowest BCUT2D eigenvalue weighted by Crippen LogP contribution is -2.09. The van der Waals surface area contributed by atoms with E-state index >= 15 is 0 Å². The van der Waals surface area contributed by atoms with Crippen LogP contribution in [0.15, 0.2) is 72.8 Å². The number of phenols is 1. The van der Waals surface area contributed by atoms with Crippen LogP contribution in [0.25, 0.3) is 22.0 Å². The van der Waals surface area contributed by atoms with Gasteiger partial charge >= 0.3 is 6.18 Å². The van der Waals surface area contributed by atoms with Crippen molar-refractivity contribution in [1.82, 2.24) is 10.2 Å². The number of phenolic OH excluding ortho intramolecular Hbond substituents is 1. The van der Waals surface area contributed by atoms with Crippen molar-refractivity contribution in [2.45, 2.75) is 12.6 Å². The van der Waals surface area contributed by atoms with Crippen LogP contribution in [0.5, 0.6) is 5.75 Å². The maximum Gasteiger partial charge on any atom is 0.418 e. The van der Waals surface area contributed by atoms with E-state index in [0.29, 0.717) is 28.6 Å². The van der Waals surface area contributed by atoms with Gasteiger partial charge in [0.1, 0.15) is 11.3 Å². The normalized spacial score (nSPS) is 11.7. The van der Waals surface area contributed by atoms with Crippen molar-refractivity contribution in [1.29, 1.82) is 0 Å². The first-order valence-corrected chi connectivity index (χ1v) is 8.62. The van der Waals surface area contributed by atoms with Gasteiger partial charge in [-0.3, -0.25) is 0 Å². The molecule has 0 atom stereocenters. The van der Waals surface area contributed by atoms with Gasteiger partial charge < -0.3 is 5.11 Å². The third kappa shape index (κ3) is 3.41. The van der Waals surface area contributed by atoms with Crippen LogP contribution >= 0.6 is 0 Å². The summed E-state index contributed by atoms with van der Waals surface area (Å²) in [6.07, 6.45) is -4.13. The molecule has 0 aliphatic carbocycles. The fraction of sp³-hybridized carbons (Fsp3) is 0.0909. The summed E-state index contributed by atoms with van der Waals surface area (Å²) >= 11 is 0. The third-order valence-corrected chi connectivity index (χ3v) is 4.52. The Labute approximate surface area is 159 Å². The largest absolute Gasteiger partial charge is 0.508 e. The lowest BCUT2D eigenvalue weighted by molar-refractivity contribution is -0.136. The Bertz CT molecular complexity index is 1140. The number of alkyl halides is 3. The zero-order valence-corrected chi connectivity index (χ0v) is 14.6. The molecule has 0 fully saturated rings. The molecule has 0 unspecified atom stereocenters. The molecule has 140 valence electrons. The lowest BCUT2D eigenvalue weighted by atomic mass is 9.94. The number of aromatic hydroxyl groups is 1. The summed E-state index contributed by atoms with van der Waals surface area (Å²) in [7, 11) is 0. The highest BCUT2D eigenvalue weighted by atomic mass is 19.4. The number of rotatable bonds is 3. The van der Waals surface area contributed by atoms with E-state index in [1.165, 1.54) is 18.2 Å². The summed E-state index contributed by atoms with van der Waals surface area (Å²) in [5.74, 6) is 0.0279. The molecule has 0 amide bonds. The summed E-state index contributed by atoms with van der Waals surface area (Å²) in [6.45, 7) is 0. The van der Waals surface area contributed by atoms with E-state index in [-0.39, 0.29) is 11.3 Å². The molecule has 28 heavy (non-hydrogen) atoms. The summed E-state index contributed by atoms with van der Waals surface area (Å²) in [4.78, 5) is 0. The molecule has 3 nitrogen and oxygen atoms in total. The van der Waals surface area contributed by atoms with Crippen LogP contribution in [-0.4, -0.2) is 15.3 Å². The van der Waals surface area contributed by atoms with Gasteiger partial charge in [-0.1, -0.05) is 54.6 Å². The van der Waals surface area contributed by atoms with Gasteiger partial charge in [-0.2, -0.15) is 18.3 Å². The van der Waals surface area contributed by atoms with Gasteiger partial charge in [0.05, 0.1) is 11.3 Å². The van der Waals surface area contributed by atoms with Gasteiger partial charge in [-0.25, -0.2) is 0 Å². The van der Waals surface area contributed by atoms with Gasteiger partial charge in [0.2, 0.25) is 0 Å². The highest BCUT2D eigenvalue weighted by molar-refractivity contribution is 5.97. The highest BCUT2D eigenvalue weighted by Crippen LogP contribution is 2.38. The van der Waals surface area contributed by atoms with Crippen molar-refractivity contribution in [3.05, 3.63) is 89.6 Å². The average Bonchev–Trinajstić information content (AvgIpc) is 2.67. The second kappa shape index (κ2) is 6.96. The Hall–Kier alpha value is -3.41. The molecule has 0 spiro atoms. The molecule has 0 bridgehead atoms. The van der Waals surface area contributed by atoms with Crippen molar-refractivity contribution in [3.8, 4) is 16.9 Å². The summed E-state index contributed by atoms with van der Waals surface area (Å²) in [5.41, 5.74) is 1.60. The van der Waals surface area contributed by atoms with E-state index in [1.807, 2.05) is 30.3 Å². The molecule has 1 aromatic heterocycles. The summed E-state index contributed by atoms with van der Waals surface area (Å²) in [5, 5.41) is 18.3. The van der Waals surface area contributed by atoms with E-state index in [2.05, 4.69) is 10.2 Å². The van der Waals surface area contributed by atoms with Crippen molar-refractivity contribution in [3.63, 3.8) is 0 Å². The maximum absolute atomic E-state index is 13.5. The number of benzene rings is 3. The molecule has 0 aliphatic heterocycles. The van der Waals surface area contributed by atoms with Crippen molar-refractivity contribution in [2.75, 3.05) is 0 Å². The zero-order chi connectivity index (χ0) is 19.7. The van der Waals surface area contributed by atoms with Crippen LogP contribution in [0.4, 0.5) is 13.2 Å². The van der Waals surface area contributed by atoms with Crippen LogP contribution in [0.2, 0.25) is 0 Å². The molecule has 1 heterocycles. The number of hydrogen-bond donors (Lipinski definition) is 1. The van der Waals surface area contributed by atoms with E-state index in [1.54, 1.807) is 18.2 Å². The second-order valence-corrected chi connectivity index (χ2v) is 6.43. The molecule has 0 saturated carbocycles. The number of nitrogens with zero attached hydrogens (tertiary/aromatic N) is 2. The number of aromatic nitrogens is 2. The van der Waals surface area contributed by atoms with Crippen molar-refractivity contribution >= 4 is 10.9 Å². The van der Waals surface area contributed by atoms with Gasteiger partial charge in [0.15, 0.2) is 0 Å². The second-order valence-electron chi connectivity index (χ2n) is 6.43. The quantitative estimate of drug-likeness (QED) is 0.502. The van der Waals surface area contributed by atoms with E-state index in [4.69, 9.17) is 0 Å². The monoisotopic (exact) mass is 380 g/mol. The minimum atomic E-state index is -4.54. The Morgan fingerprint density at radius 1 is 0.821 bits per heavy atom. The first-order chi connectivity index (χ1) is 13.4. The van der Waals surface area contributed by atoms with Crippen LogP contribution < -0.4 is 0 Å². The Balaban J connectivity index is 2.00. The highest BCUT2D eigenvalue weighted by Gasteiger charge is 2.34. The Morgan fingerprint density at radius 2 is 1.57 bits per heavy atom. The lowest BCUT2D eigenvalue weighted by Gasteiger charge is -2.15. The van der Waals surface area contributed by atoms with Gasteiger partial charge in [-0.05, 0) is 29.3 Å². The SMILES string of the molecule is Oc1cccc(-c2c(Cc3ccccc3)nnc3c(C(F)(F)F)cccc23)c1. The molecule has 4 rings (SSSR count). The molecular weight excluding hydrogens is 365 g/mol. The van der Waals surface area contributed by atoms with Gasteiger partial charge in [0, 0.05) is 17.4 Å². The first-order valence-electron chi connectivity index (χ1n) is 8.62. The molecule has 0 radical (unpaired) electrons. The fourth-order valence-electron chi connectivity index (χ4n) is 3.29. The molecule has 0 saturated heterocycles. The molecule has 3 aromatic carbocycles.